The zero-order valence-electron chi connectivity index (χ0n) is 10.2. The number of pyridine rings is 1. The van der Waals surface area contributed by atoms with Gasteiger partial charge in [0.05, 0.1) is 22.4 Å². The number of nitro groups is 1. The van der Waals surface area contributed by atoms with Gasteiger partial charge < -0.3 is 10.7 Å². The second-order valence-corrected chi connectivity index (χ2v) is 3.82. The van der Waals surface area contributed by atoms with Gasteiger partial charge in [-0.1, -0.05) is 0 Å². The minimum Gasteiger partial charge on any atom is -0.322 e. The van der Waals surface area contributed by atoms with Crippen LogP contribution < -0.4 is 16.6 Å². The van der Waals surface area contributed by atoms with E-state index in [1.165, 1.54) is 42.7 Å². The minimum absolute atomic E-state index is 0.0452. The van der Waals surface area contributed by atoms with Crippen molar-refractivity contribution in [1.29, 1.82) is 0 Å². The first-order valence-corrected chi connectivity index (χ1v) is 5.58. The van der Waals surface area contributed by atoms with Gasteiger partial charge in [0, 0.05) is 24.0 Å². The average molecular weight is 273 g/mol. The van der Waals surface area contributed by atoms with Crippen LogP contribution in [0.4, 0.5) is 17.1 Å². The first kappa shape index (κ1) is 13.4. The fraction of sp³-hybridized carbons (Fsp3) is 0. The summed E-state index contributed by atoms with van der Waals surface area (Å²) in [6, 6.07) is 7.03. The molecule has 0 aliphatic carbocycles. The van der Waals surface area contributed by atoms with E-state index in [2.05, 4.69) is 15.7 Å². The van der Waals surface area contributed by atoms with E-state index >= 15 is 0 Å². The topological polar surface area (TPSA) is 123 Å². The van der Waals surface area contributed by atoms with Crippen molar-refractivity contribution < 1.29 is 9.72 Å². The molecule has 0 bridgehead atoms. The highest BCUT2D eigenvalue weighted by atomic mass is 16.6. The van der Waals surface area contributed by atoms with Crippen LogP contribution in [-0.4, -0.2) is 15.8 Å². The Labute approximate surface area is 113 Å². The highest BCUT2D eigenvalue weighted by Gasteiger charge is 2.11. The number of non-ortho nitro benzene ring substituents is 1. The van der Waals surface area contributed by atoms with Crippen molar-refractivity contribution in [3.05, 3.63) is 58.4 Å². The fourth-order valence-electron chi connectivity index (χ4n) is 1.57. The number of amides is 1. The third kappa shape index (κ3) is 2.87. The number of aromatic nitrogens is 1. The molecular weight excluding hydrogens is 262 g/mol. The summed E-state index contributed by atoms with van der Waals surface area (Å²) in [4.78, 5) is 25.9. The van der Waals surface area contributed by atoms with Crippen LogP contribution in [0, 0.1) is 10.1 Å². The summed E-state index contributed by atoms with van der Waals surface area (Å²) < 4.78 is 0. The average Bonchev–Trinajstić information content (AvgIpc) is 2.47. The van der Waals surface area contributed by atoms with E-state index < -0.39 is 10.8 Å². The molecule has 0 radical (unpaired) electrons. The summed E-state index contributed by atoms with van der Waals surface area (Å²) in [7, 11) is 0. The number of nitrogen functional groups attached to an aromatic ring is 1. The number of rotatable bonds is 4. The predicted octanol–water partition coefficient (Wildman–Crippen LogP) is 1.53. The lowest BCUT2D eigenvalue weighted by atomic mass is 10.2. The molecule has 0 unspecified atom stereocenters. The molecule has 1 amide bonds. The van der Waals surface area contributed by atoms with Crippen LogP contribution >= 0.6 is 0 Å². The monoisotopic (exact) mass is 273 g/mol. The summed E-state index contributed by atoms with van der Waals surface area (Å²) in [5.74, 6) is 4.90. The molecule has 0 aliphatic rings. The van der Waals surface area contributed by atoms with Gasteiger partial charge in [0.2, 0.25) is 0 Å². The van der Waals surface area contributed by atoms with Crippen LogP contribution in [0.1, 0.15) is 10.4 Å². The van der Waals surface area contributed by atoms with E-state index in [0.717, 1.165) is 0 Å². The molecule has 8 heteroatoms. The molecule has 1 heterocycles. The van der Waals surface area contributed by atoms with Crippen molar-refractivity contribution >= 4 is 23.0 Å². The van der Waals surface area contributed by atoms with Gasteiger partial charge in [0.25, 0.3) is 11.6 Å². The van der Waals surface area contributed by atoms with E-state index in [1.54, 1.807) is 0 Å². The summed E-state index contributed by atoms with van der Waals surface area (Å²) >= 11 is 0. The highest BCUT2D eigenvalue weighted by Crippen LogP contribution is 2.18. The van der Waals surface area contributed by atoms with E-state index in [0.29, 0.717) is 16.9 Å². The van der Waals surface area contributed by atoms with Crippen LogP contribution in [0.3, 0.4) is 0 Å². The Balaban J connectivity index is 2.17. The quantitative estimate of drug-likeness (QED) is 0.441. The number of nitrogens with two attached hydrogens (primary N) is 1. The molecule has 1 aromatic carbocycles. The van der Waals surface area contributed by atoms with Crippen LogP contribution in [0.2, 0.25) is 0 Å². The number of benzene rings is 1. The molecule has 8 nitrogen and oxygen atoms in total. The molecule has 0 saturated carbocycles. The molecule has 0 aliphatic heterocycles. The number of anilines is 2. The lowest BCUT2D eigenvalue weighted by molar-refractivity contribution is -0.384. The second-order valence-electron chi connectivity index (χ2n) is 3.82. The Morgan fingerprint density at radius 3 is 2.55 bits per heavy atom. The number of carbonyl (C=O) groups is 1. The molecule has 0 spiro atoms. The maximum absolute atomic E-state index is 12.0. The maximum atomic E-state index is 12.0. The lowest BCUT2D eigenvalue weighted by Crippen LogP contribution is -2.17. The molecule has 1 aromatic heterocycles. The van der Waals surface area contributed by atoms with Gasteiger partial charge in [-0.2, -0.15) is 0 Å². The minimum atomic E-state index is -0.509. The summed E-state index contributed by atoms with van der Waals surface area (Å²) in [5.41, 5.74) is 3.47. The van der Waals surface area contributed by atoms with E-state index in [4.69, 9.17) is 5.84 Å². The zero-order chi connectivity index (χ0) is 14.5. The van der Waals surface area contributed by atoms with Gasteiger partial charge in [0.1, 0.15) is 0 Å². The largest absolute Gasteiger partial charge is 0.322 e. The standard InChI is InChI=1S/C12H11N5O3/c13-16-11-7-14-6-5-10(11)12(18)15-8-1-3-9(4-2-8)17(19)20/h1-7,16H,13H2,(H,15,18). The predicted molar refractivity (Wildman–Crippen MR) is 73.1 cm³/mol. The zero-order valence-corrected chi connectivity index (χ0v) is 10.2. The SMILES string of the molecule is NNc1cnccc1C(=O)Nc1ccc([N+](=O)[O-])cc1. The van der Waals surface area contributed by atoms with Crippen molar-refractivity contribution in [2.24, 2.45) is 5.84 Å². The van der Waals surface area contributed by atoms with Crippen molar-refractivity contribution in [3.63, 3.8) is 0 Å². The number of hydrogen-bond acceptors (Lipinski definition) is 6. The third-order valence-corrected chi connectivity index (χ3v) is 2.56. The fourth-order valence-corrected chi connectivity index (χ4v) is 1.57. The van der Waals surface area contributed by atoms with Crippen LogP contribution in [-0.2, 0) is 0 Å². The molecule has 0 atom stereocenters. The van der Waals surface area contributed by atoms with E-state index in [-0.39, 0.29) is 5.69 Å². The summed E-state index contributed by atoms with van der Waals surface area (Å²) in [5, 5.41) is 13.1. The maximum Gasteiger partial charge on any atom is 0.269 e. The number of carbonyl (C=O) groups excluding carboxylic acids is 1. The molecule has 4 N–H and O–H groups in total. The van der Waals surface area contributed by atoms with Gasteiger partial charge >= 0.3 is 0 Å². The molecule has 0 saturated heterocycles. The summed E-state index contributed by atoms with van der Waals surface area (Å²) in [6.45, 7) is 0. The van der Waals surface area contributed by atoms with E-state index in [9.17, 15) is 14.9 Å². The Morgan fingerprint density at radius 1 is 1.25 bits per heavy atom. The third-order valence-electron chi connectivity index (χ3n) is 2.56. The van der Waals surface area contributed by atoms with E-state index in [1.807, 2.05) is 0 Å². The molecular formula is C12H11N5O3. The molecule has 2 rings (SSSR count). The number of hydrogen-bond donors (Lipinski definition) is 3. The highest BCUT2D eigenvalue weighted by molar-refractivity contribution is 6.07. The molecule has 2 aromatic rings. The number of hydrazine groups is 1. The lowest BCUT2D eigenvalue weighted by Gasteiger charge is -2.08. The van der Waals surface area contributed by atoms with Crippen LogP contribution in [0.15, 0.2) is 42.7 Å². The Hall–Kier alpha value is -3.00. The van der Waals surface area contributed by atoms with Gasteiger partial charge in [-0.3, -0.25) is 25.7 Å². The number of nitrogens with zero attached hydrogens (tertiary/aromatic N) is 2. The van der Waals surface area contributed by atoms with Gasteiger partial charge in [-0.15, -0.1) is 0 Å². The smallest absolute Gasteiger partial charge is 0.269 e. The van der Waals surface area contributed by atoms with Crippen LogP contribution in [0.25, 0.3) is 0 Å². The molecule has 20 heavy (non-hydrogen) atoms. The number of nitrogens with one attached hydrogen (secondary N) is 2. The number of nitro benzene ring substituents is 1. The van der Waals surface area contributed by atoms with Crippen molar-refractivity contribution in [2.45, 2.75) is 0 Å². The first-order valence-electron chi connectivity index (χ1n) is 5.58. The summed E-state index contributed by atoms with van der Waals surface area (Å²) in [6.07, 6.45) is 2.89. The van der Waals surface area contributed by atoms with Gasteiger partial charge in [-0.25, -0.2) is 0 Å². The van der Waals surface area contributed by atoms with Crippen molar-refractivity contribution in [2.75, 3.05) is 10.7 Å². The Bertz CT molecular complexity index is 642. The Morgan fingerprint density at radius 2 is 1.95 bits per heavy atom. The van der Waals surface area contributed by atoms with Crippen molar-refractivity contribution in [1.82, 2.24) is 4.98 Å². The second kappa shape index (κ2) is 5.76. The van der Waals surface area contributed by atoms with Gasteiger partial charge in [0.15, 0.2) is 0 Å². The normalized spacial score (nSPS) is 9.85. The Kier molecular flexibility index (Phi) is 3.87. The van der Waals surface area contributed by atoms with Crippen molar-refractivity contribution in [3.8, 4) is 0 Å². The first-order chi connectivity index (χ1) is 9.61. The van der Waals surface area contributed by atoms with Crippen LogP contribution in [0.5, 0.6) is 0 Å². The molecule has 0 fully saturated rings. The van der Waals surface area contributed by atoms with Gasteiger partial charge in [-0.05, 0) is 18.2 Å². The molecule has 102 valence electrons.